The molecule has 5 rings (SSSR count). The minimum Gasteiger partial charge on any atom is -0.493 e. The molecule has 0 radical (unpaired) electrons. The Morgan fingerprint density at radius 3 is 2.10 bits per heavy atom. The molecule has 1 aromatic heterocycles. The van der Waals surface area contributed by atoms with E-state index in [1.54, 1.807) is 14.2 Å². The number of ether oxygens (including phenoxy) is 2. The van der Waals surface area contributed by atoms with E-state index in [-0.39, 0.29) is 5.91 Å². The van der Waals surface area contributed by atoms with Crippen molar-refractivity contribution < 1.29 is 14.3 Å². The van der Waals surface area contributed by atoms with E-state index in [1.807, 2.05) is 79.7 Å². The van der Waals surface area contributed by atoms with Crippen molar-refractivity contribution in [2.45, 2.75) is 25.8 Å². The minimum atomic E-state index is -0.509. The number of amides is 1. The van der Waals surface area contributed by atoms with Crippen LogP contribution in [0.25, 0.3) is 10.9 Å². The van der Waals surface area contributed by atoms with Gasteiger partial charge in [0.05, 0.1) is 25.2 Å². The summed E-state index contributed by atoms with van der Waals surface area (Å²) in [5.74, 6) is 2.83. The molecule has 208 valence electrons. The zero-order valence-corrected chi connectivity index (χ0v) is 23.7. The molecule has 1 fully saturated rings. The molecule has 0 saturated carbocycles. The Morgan fingerprint density at radius 2 is 1.50 bits per heavy atom. The summed E-state index contributed by atoms with van der Waals surface area (Å²) in [5.41, 5.74) is 2.54. The monoisotopic (exact) mass is 539 g/mol. The lowest BCUT2D eigenvalue weighted by Gasteiger charge is -2.41. The molecule has 40 heavy (non-hydrogen) atoms. The van der Waals surface area contributed by atoms with Crippen molar-refractivity contribution in [3.8, 4) is 11.5 Å². The second-order valence-electron chi connectivity index (χ2n) is 10.6. The molecule has 8 heteroatoms. The Hall–Kier alpha value is -4.33. The average molecular weight is 540 g/mol. The number of nitrogens with one attached hydrogen (secondary N) is 1. The summed E-state index contributed by atoms with van der Waals surface area (Å²) >= 11 is 0. The van der Waals surface area contributed by atoms with Gasteiger partial charge in [-0.2, -0.15) is 4.98 Å². The molecule has 1 saturated heterocycles. The number of rotatable bonds is 9. The summed E-state index contributed by atoms with van der Waals surface area (Å²) in [6.45, 7) is 1.87. The maximum absolute atomic E-state index is 13.8. The normalized spacial score (nSPS) is 14.6. The van der Waals surface area contributed by atoms with Gasteiger partial charge in [0.25, 0.3) is 0 Å². The van der Waals surface area contributed by atoms with E-state index < -0.39 is 5.41 Å². The highest BCUT2D eigenvalue weighted by molar-refractivity contribution is 5.93. The summed E-state index contributed by atoms with van der Waals surface area (Å²) in [6, 6.07) is 24.2. The minimum absolute atomic E-state index is 0.102. The Morgan fingerprint density at radius 1 is 0.900 bits per heavy atom. The molecule has 3 aromatic carbocycles. The number of fused-ring (bicyclic) bond motifs is 1. The SMILES string of the molecule is COc1cc2nc(N3CCC(Cc4ccccc4)(C(=O)NCc4ccccc4)CC3)nc(N(C)C)c2cc1OC. The fourth-order valence-electron chi connectivity index (χ4n) is 5.48. The number of carbonyl (C=O) groups is 1. The Bertz CT molecular complexity index is 1450. The van der Waals surface area contributed by atoms with E-state index in [0.29, 0.717) is 56.3 Å². The maximum atomic E-state index is 13.8. The van der Waals surface area contributed by atoms with Crippen LogP contribution in [-0.4, -0.2) is 57.3 Å². The molecular formula is C32H37N5O3. The highest BCUT2D eigenvalue weighted by Crippen LogP contribution is 2.39. The van der Waals surface area contributed by atoms with Crippen molar-refractivity contribution in [1.29, 1.82) is 0 Å². The second-order valence-corrected chi connectivity index (χ2v) is 10.6. The largest absolute Gasteiger partial charge is 0.493 e. The molecule has 0 atom stereocenters. The highest BCUT2D eigenvalue weighted by Gasteiger charge is 2.42. The van der Waals surface area contributed by atoms with Crippen LogP contribution in [0.15, 0.2) is 72.8 Å². The van der Waals surface area contributed by atoms with E-state index in [9.17, 15) is 4.79 Å². The van der Waals surface area contributed by atoms with Gasteiger partial charge >= 0.3 is 0 Å². The maximum Gasteiger partial charge on any atom is 0.227 e. The van der Waals surface area contributed by atoms with Crippen molar-refractivity contribution in [3.05, 3.63) is 83.9 Å². The van der Waals surface area contributed by atoms with Gasteiger partial charge in [-0.05, 0) is 36.5 Å². The fraction of sp³-hybridized carbons (Fsp3) is 0.344. The van der Waals surface area contributed by atoms with Crippen LogP contribution in [0.1, 0.15) is 24.0 Å². The summed E-state index contributed by atoms with van der Waals surface area (Å²) in [4.78, 5) is 27.9. The highest BCUT2D eigenvalue weighted by atomic mass is 16.5. The first-order valence-electron chi connectivity index (χ1n) is 13.6. The lowest BCUT2D eigenvalue weighted by atomic mass is 9.73. The van der Waals surface area contributed by atoms with Crippen LogP contribution in [0, 0.1) is 5.41 Å². The van der Waals surface area contributed by atoms with Gasteiger partial charge in [-0.15, -0.1) is 0 Å². The van der Waals surface area contributed by atoms with E-state index in [2.05, 4.69) is 22.3 Å². The Balaban J connectivity index is 1.42. The van der Waals surface area contributed by atoms with Crippen molar-refractivity contribution in [2.24, 2.45) is 5.41 Å². The quantitative estimate of drug-likeness (QED) is 0.325. The summed E-state index contributed by atoms with van der Waals surface area (Å²) in [7, 11) is 7.19. The van der Waals surface area contributed by atoms with Crippen molar-refractivity contribution in [3.63, 3.8) is 0 Å². The number of nitrogens with zero attached hydrogens (tertiary/aromatic N) is 4. The summed E-state index contributed by atoms with van der Waals surface area (Å²) in [6.07, 6.45) is 2.10. The molecule has 8 nitrogen and oxygen atoms in total. The fourth-order valence-corrected chi connectivity index (χ4v) is 5.48. The zero-order chi connectivity index (χ0) is 28.1. The lowest BCUT2D eigenvalue weighted by Crippen LogP contribution is -2.50. The van der Waals surface area contributed by atoms with Crippen molar-refractivity contribution in [2.75, 3.05) is 51.2 Å². The number of benzene rings is 3. The second kappa shape index (κ2) is 11.8. The lowest BCUT2D eigenvalue weighted by molar-refractivity contribution is -0.132. The predicted octanol–water partition coefficient (Wildman–Crippen LogP) is 4.86. The number of anilines is 2. The molecule has 0 spiro atoms. The first kappa shape index (κ1) is 27.2. The molecule has 2 heterocycles. The first-order valence-corrected chi connectivity index (χ1v) is 13.6. The summed E-state index contributed by atoms with van der Waals surface area (Å²) in [5, 5.41) is 4.13. The number of hydrogen-bond acceptors (Lipinski definition) is 7. The molecule has 0 bridgehead atoms. The molecule has 1 aliphatic rings. The molecule has 4 aromatic rings. The predicted molar refractivity (Wildman–Crippen MR) is 159 cm³/mol. The van der Waals surface area contributed by atoms with Crippen LogP contribution < -0.4 is 24.6 Å². The molecule has 1 amide bonds. The number of carbonyl (C=O) groups excluding carboxylic acids is 1. The van der Waals surface area contributed by atoms with E-state index in [1.165, 1.54) is 5.56 Å². The standard InChI is InChI=1S/C32H37N5O3/c1-36(2)29-25-19-27(39-3)28(40-4)20-26(25)34-31(35-29)37-17-15-32(16-18-37,21-23-11-7-5-8-12-23)30(38)33-22-24-13-9-6-10-14-24/h5-14,19-20H,15-18,21-22H2,1-4H3,(H,33,38). The third kappa shape index (κ3) is 5.66. The van der Waals surface area contributed by atoms with Gasteiger partial charge < -0.3 is 24.6 Å². The van der Waals surface area contributed by atoms with Gasteiger partial charge in [-0.3, -0.25) is 4.79 Å². The van der Waals surface area contributed by atoms with Crippen LogP contribution in [0.4, 0.5) is 11.8 Å². The van der Waals surface area contributed by atoms with E-state index >= 15 is 0 Å². The molecule has 0 aliphatic carbocycles. The molecule has 0 unspecified atom stereocenters. The third-order valence-corrected chi connectivity index (χ3v) is 7.76. The van der Waals surface area contributed by atoms with Crippen LogP contribution >= 0.6 is 0 Å². The van der Waals surface area contributed by atoms with Gasteiger partial charge in [-0.25, -0.2) is 4.98 Å². The zero-order valence-electron chi connectivity index (χ0n) is 23.7. The molecule has 1 N–H and O–H groups in total. The van der Waals surface area contributed by atoms with Crippen molar-refractivity contribution >= 4 is 28.6 Å². The average Bonchev–Trinajstić information content (AvgIpc) is 2.99. The van der Waals surface area contributed by atoms with E-state index in [4.69, 9.17) is 19.4 Å². The van der Waals surface area contributed by atoms with Gasteiger partial charge in [0.15, 0.2) is 11.5 Å². The van der Waals surface area contributed by atoms with Crippen molar-refractivity contribution in [1.82, 2.24) is 15.3 Å². The number of hydrogen-bond donors (Lipinski definition) is 1. The number of methoxy groups -OCH3 is 2. The smallest absolute Gasteiger partial charge is 0.227 e. The van der Waals surface area contributed by atoms with E-state index in [0.717, 1.165) is 22.3 Å². The van der Waals surface area contributed by atoms with Crippen LogP contribution in [-0.2, 0) is 17.8 Å². The van der Waals surface area contributed by atoms with Crippen LogP contribution in [0.5, 0.6) is 11.5 Å². The van der Waals surface area contributed by atoms with Gasteiger partial charge in [0.2, 0.25) is 11.9 Å². The van der Waals surface area contributed by atoms with Crippen LogP contribution in [0.3, 0.4) is 0 Å². The number of piperidine rings is 1. The number of aromatic nitrogens is 2. The van der Waals surface area contributed by atoms with Gasteiger partial charge in [0.1, 0.15) is 5.82 Å². The first-order chi connectivity index (χ1) is 19.4. The van der Waals surface area contributed by atoms with Gasteiger partial charge in [0, 0.05) is 45.2 Å². The topological polar surface area (TPSA) is 79.8 Å². The molecular weight excluding hydrogens is 502 g/mol. The molecule has 1 aliphatic heterocycles. The Labute approximate surface area is 235 Å². The van der Waals surface area contributed by atoms with Gasteiger partial charge in [-0.1, -0.05) is 60.7 Å². The third-order valence-electron chi connectivity index (χ3n) is 7.76. The van der Waals surface area contributed by atoms with Crippen LogP contribution in [0.2, 0.25) is 0 Å². The Kier molecular flexibility index (Phi) is 8.05. The summed E-state index contributed by atoms with van der Waals surface area (Å²) < 4.78 is 11.1.